The Hall–Kier alpha value is -0.940. The van der Waals surface area contributed by atoms with Gasteiger partial charge in [-0.05, 0) is 6.42 Å². The van der Waals surface area contributed by atoms with Crippen LogP contribution in [-0.4, -0.2) is 37.6 Å². The molecule has 0 bridgehead atoms. The summed E-state index contributed by atoms with van der Waals surface area (Å²) in [5.74, 6) is 0. The standard InChI is InChI=1S/C9H12N2O2S/c1-13-7-2-3-11(5-7)9-10-4-8(6-12)14-9/h4,6-7H,2-3,5H2,1H3. The summed E-state index contributed by atoms with van der Waals surface area (Å²) >= 11 is 1.43. The van der Waals surface area contributed by atoms with Gasteiger partial charge < -0.3 is 9.64 Å². The summed E-state index contributed by atoms with van der Waals surface area (Å²) in [6.07, 6.45) is 3.79. The van der Waals surface area contributed by atoms with Gasteiger partial charge in [0.2, 0.25) is 0 Å². The van der Waals surface area contributed by atoms with E-state index < -0.39 is 0 Å². The average molecular weight is 212 g/mol. The highest BCUT2D eigenvalue weighted by Gasteiger charge is 2.23. The van der Waals surface area contributed by atoms with E-state index in [9.17, 15) is 4.79 Å². The van der Waals surface area contributed by atoms with Crippen molar-refractivity contribution in [2.75, 3.05) is 25.1 Å². The zero-order valence-corrected chi connectivity index (χ0v) is 8.79. The number of anilines is 1. The number of nitrogens with zero attached hydrogens (tertiary/aromatic N) is 2. The summed E-state index contributed by atoms with van der Waals surface area (Å²) in [5.41, 5.74) is 0. The second-order valence-corrected chi connectivity index (χ2v) is 4.30. The van der Waals surface area contributed by atoms with E-state index in [0.29, 0.717) is 11.0 Å². The number of hydrogen-bond acceptors (Lipinski definition) is 5. The molecule has 14 heavy (non-hydrogen) atoms. The third-order valence-corrected chi connectivity index (χ3v) is 3.36. The van der Waals surface area contributed by atoms with E-state index in [1.807, 2.05) is 0 Å². The van der Waals surface area contributed by atoms with E-state index in [1.54, 1.807) is 13.3 Å². The van der Waals surface area contributed by atoms with Crippen molar-refractivity contribution >= 4 is 22.8 Å². The molecular formula is C9H12N2O2S. The lowest BCUT2D eigenvalue weighted by atomic mass is 10.3. The summed E-state index contributed by atoms with van der Waals surface area (Å²) in [7, 11) is 1.73. The maximum absolute atomic E-state index is 10.5. The molecule has 1 aromatic heterocycles. The van der Waals surface area contributed by atoms with Crippen molar-refractivity contribution in [3.05, 3.63) is 11.1 Å². The van der Waals surface area contributed by atoms with Crippen LogP contribution >= 0.6 is 11.3 Å². The molecule has 0 radical (unpaired) electrons. The minimum absolute atomic E-state index is 0.304. The van der Waals surface area contributed by atoms with Crippen LogP contribution in [0.4, 0.5) is 5.13 Å². The Labute approximate surface area is 86.5 Å². The van der Waals surface area contributed by atoms with Gasteiger partial charge in [-0.1, -0.05) is 11.3 Å². The largest absolute Gasteiger partial charge is 0.380 e. The number of rotatable bonds is 3. The Morgan fingerprint density at radius 3 is 3.21 bits per heavy atom. The van der Waals surface area contributed by atoms with Crippen LogP contribution in [0.2, 0.25) is 0 Å². The maximum atomic E-state index is 10.5. The fourth-order valence-corrected chi connectivity index (χ4v) is 2.34. The topological polar surface area (TPSA) is 42.4 Å². The van der Waals surface area contributed by atoms with Crippen LogP contribution in [0.1, 0.15) is 16.1 Å². The highest BCUT2D eigenvalue weighted by molar-refractivity contribution is 7.17. The molecule has 1 aliphatic heterocycles. The van der Waals surface area contributed by atoms with Gasteiger partial charge in [-0.15, -0.1) is 0 Å². The number of aromatic nitrogens is 1. The monoisotopic (exact) mass is 212 g/mol. The van der Waals surface area contributed by atoms with Crippen LogP contribution in [-0.2, 0) is 4.74 Å². The molecule has 1 aliphatic rings. The molecule has 5 heteroatoms. The fraction of sp³-hybridized carbons (Fsp3) is 0.556. The number of carbonyl (C=O) groups is 1. The van der Waals surface area contributed by atoms with Crippen LogP contribution in [0.3, 0.4) is 0 Å². The molecule has 0 aromatic carbocycles. The molecule has 0 aliphatic carbocycles. The summed E-state index contributed by atoms with van der Waals surface area (Å²) in [4.78, 5) is 17.5. The predicted octanol–water partition coefficient (Wildman–Crippen LogP) is 1.18. The third kappa shape index (κ3) is 1.78. The van der Waals surface area contributed by atoms with Crippen LogP contribution < -0.4 is 4.90 Å². The van der Waals surface area contributed by atoms with Gasteiger partial charge in [-0.3, -0.25) is 4.79 Å². The molecular weight excluding hydrogens is 200 g/mol. The highest BCUT2D eigenvalue weighted by atomic mass is 32.1. The zero-order chi connectivity index (χ0) is 9.97. The number of carbonyl (C=O) groups excluding carboxylic acids is 1. The van der Waals surface area contributed by atoms with Crippen molar-refractivity contribution < 1.29 is 9.53 Å². The fourth-order valence-electron chi connectivity index (χ4n) is 1.57. The quantitative estimate of drug-likeness (QED) is 0.706. The first-order valence-corrected chi connectivity index (χ1v) is 5.34. The Bertz CT molecular complexity index is 326. The Morgan fingerprint density at radius 1 is 1.79 bits per heavy atom. The third-order valence-electron chi connectivity index (χ3n) is 2.38. The van der Waals surface area contributed by atoms with Crippen molar-refractivity contribution in [2.45, 2.75) is 12.5 Å². The molecule has 0 amide bonds. The summed E-state index contributed by atoms with van der Waals surface area (Å²) in [6, 6.07) is 0. The SMILES string of the molecule is COC1CCN(c2ncc(C=O)s2)C1. The first kappa shape index (κ1) is 9.61. The number of hydrogen-bond donors (Lipinski definition) is 0. The Kier molecular flexibility index (Phi) is 2.79. The minimum Gasteiger partial charge on any atom is -0.380 e. The molecule has 0 saturated carbocycles. The van der Waals surface area contributed by atoms with Crippen LogP contribution in [0.15, 0.2) is 6.20 Å². The molecule has 1 aromatic rings. The van der Waals surface area contributed by atoms with E-state index >= 15 is 0 Å². The maximum Gasteiger partial charge on any atom is 0.186 e. The van der Waals surface area contributed by atoms with Gasteiger partial charge in [-0.25, -0.2) is 4.98 Å². The number of ether oxygens (including phenoxy) is 1. The lowest BCUT2D eigenvalue weighted by molar-refractivity contribution is 0.112. The first-order chi connectivity index (χ1) is 6.83. The molecule has 0 spiro atoms. The molecule has 2 rings (SSSR count). The molecule has 0 N–H and O–H groups in total. The van der Waals surface area contributed by atoms with Gasteiger partial charge in [0.1, 0.15) is 0 Å². The highest BCUT2D eigenvalue weighted by Crippen LogP contribution is 2.25. The van der Waals surface area contributed by atoms with Crippen molar-refractivity contribution in [2.24, 2.45) is 0 Å². The molecule has 1 saturated heterocycles. The van der Waals surface area contributed by atoms with E-state index in [2.05, 4.69) is 9.88 Å². The van der Waals surface area contributed by atoms with Crippen LogP contribution in [0, 0.1) is 0 Å². The van der Waals surface area contributed by atoms with Gasteiger partial charge in [-0.2, -0.15) is 0 Å². The van der Waals surface area contributed by atoms with Gasteiger partial charge >= 0.3 is 0 Å². The summed E-state index contributed by atoms with van der Waals surface area (Å²) in [6.45, 7) is 1.84. The van der Waals surface area contributed by atoms with E-state index in [1.165, 1.54) is 11.3 Å². The summed E-state index contributed by atoms with van der Waals surface area (Å²) < 4.78 is 5.26. The summed E-state index contributed by atoms with van der Waals surface area (Å²) in [5, 5.41) is 0.923. The lowest BCUT2D eigenvalue weighted by Gasteiger charge is -2.13. The molecule has 4 nitrogen and oxygen atoms in total. The van der Waals surface area contributed by atoms with E-state index in [4.69, 9.17) is 4.74 Å². The lowest BCUT2D eigenvalue weighted by Crippen LogP contribution is -2.21. The first-order valence-electron chi connectivity index (χ1n) is 4.52. The van der Waals surface area contributed by atoms with Crippen molar-refractivity contribution in [3.8, 4) is 0 Å². The molecule has 1 unspecified atom stereocenters. The zero-order valence-electron chi connectivity index (χ0n) is 7.97. The Morgan fingerprint density at radius 2 is 2.64 bits per heavy atom. The van der Waals surface area contributed by atoms with Gasteiger partial charge in [0.25, 0.3) is 0 Å². The smallest absolute Gasteiger partial charge is 0.186 e. The van der Waals surface area contributed by atoms with Crippen molar-refractivity contribution in [3.63, 3.8) is 0 Å². The Balaban J connectivity index is 2.05. The van der Waals surface area contributed by atoms with E-state index in [0.717, 1.165) is 30.9 Å². The minimum atomic E-state index is 0.304. The van der Waals surface area contributed by atoms with E-state index in [-0.39, 0.29) is 0 Å². The second kappa shape index (κ2) is 4.06. The van der Waals surface area contributed by atoms with Crippen molar-refractivity contribution in [1.29, 1.82) is 0 Å². The molecule has 1 fully saturated rings. The average Bonchev–Trinajstić information content (AvgIpc) is 2.86. The van der Waals surface area contributed by atoms with Crippen molar-refractivity contribution in [1.82, 2.24) is 4.98 Å². The number of methoxy groups -OCH3 is 1. The van der Waals surface area contributed by atoms with Gasteiger partial charge in [0.15, 0.2) is 11.4 Å². The molecule has 76 valence electrons. The normalized spacial score (nSPS) is 21.5. The van der Waals surface area contributed by atoms with Crippen LogP contribution in [0.25, 0.3) is 0 Å². The van der Waals surface area contributed by atoms with Crippen LogP contribution in [0.5, 0.6) is 0 Å². The molecule has 1 atom stereocenters. The van der Waals surface area contributed by atoms with Gasteiger partial charge in [0.05, 0.1) is 17.2 Å². The van der Waals surface area contributed by atoms with Gasteiger partial charge in [0, 0.05) is 20.2 Å². The number of thiazole rings is 1. The molecule has 2 heterocycles. The second-order valence-electron chi connectivity index (χ2n) is 3.26. The predicted molar refractivity (Wildman–Crippen MR) is 55.1 cm³/mol. The number of aldehydes is 1.